The Bertz CT molecular complexity index is 978. The van der Waals surface area contributed by atoms with E-state index in [9.17, 15) is 4.79 Å². The van der Waals surface area contributed by atoms with Crippen molar-refractivity contribution < 1.29 is 4.79 Å². The van der Waals surface area contributed by atoms with Crippen LogP contribution in [0.25, 0.3) is 11.1 Å². The Kier molecular flexibility index (Phi) is 4.24. The average Bonchev–Trinajstić information content (AvgIpc) is 3.42. The molecule has 5 nitrogen and oxygen atoms in total. The van der Waals surface area contributed by atoms with Gasteiger partial charge in [-0.25, -0.2) is 0 Å². The molecule has 1 aliphatic rings. The molecule has 1 heterocycles. The van der Waals surface area contributed by atoms with Gasteiger partial charge in [0.15, 0.2) is 5.82 Å². The predicted molar refractivity (Wildman–Crippen MR) is 99.5 cm³/mol. The Morgan fingerprint density at radius 2 is 1.96 bits per heavy atom. The van der Waals surface area contributed by atoms with Gasteiger partial charge in [-0.05, 0) is 41.7 Å². The highest BCUT2D eigenvalue weighted by atomic mass is 16.1. The van der Waals surface area contributed by atoms with Crippen molar-refractivity contribution in [1.82, 2.24) is 10.2 Å². The molecular weight excluding hydrogens is 324 g/mol. The number of benzene rings is 2. The Morgan fingerprint density at radius 3 is 2.69 bits per heavy atom. The molecule has 128 valence electrons. The number of nitriles is 1. The van der Waals surface area contributed by atoms with E-state index in [2.05, 4.69) is 21.6 Å². The monoisotopic (exact) mass is 342 g/mol. The smallest absolute Gasteiger partial charge is 0.229 e. The molecule has 0 spiro atoms. The molecule has 0 bridgehead atoms. The zero-order valence-corrected chi connectivity index (χ0v) is 14.2. The topological polar surface area (TPSA) is 81.6 Å². The summed E-state index contributed by atoms with van der Waals surface area (Å²) in [5.74, 6) is 1.08. The third kappa shape index (κ3) is 3.65. The van der Waals surface area contributed by atoms with Gasteiger partial charge in [0.1, 0.15) is 0 Å². The van der Waals surface area contributed by atoms with Crippen LogP contribution in [0.15, 0.2) is 54.6 Å². The molecule has 0 radical (unpaired) electrons. The molecule has 1 aliphatic carbocycles. The van der Waals surface area contributed by atoms with Gasteiger partial charge in [-0.15, -0.1) is 0 Å². The Morgan fingerprint density at radius 1 is 1.15 bits per heavy atom. The lowest BCUT2D eigenvalue weighted by Gasteiger charge is -2.05. The number of carbonyl (C=O) groups is 1. The van der Waals surface area contributed by atoms with Crippen molar-refractivity contribution in [3.63, 3.8) is 0 Å². The minimum Gasteiger partial charge on any atom is -0.309 e. The number of amides is 1. The number of aromatic nitrogens is 2. The van der Waals surface area contributed by atoms with E-state index in [1.165, 1.54) is 12.8 Å². The van der Waals surface area contributed by atoms with Crippen LogP contribution in [0.1, 0.15) is 35.6 Å². The average molecular weight is 342 g/mol. The number of aromatic amines is 1. The minimum absolute atomic E-state index is 0.0851. The highest BCUT2D eigenvalue weighted by Crippen LogP contribution is 2.39. The number of hydrogen-bond acceptors (Lipinski definition) is 3. The number of rotatable bonds is 5. The molecule has 2 N–H and O–H groups in total. The number of nitrogens with zero attached hydrogens (tertiary/aromatic N) is 2. The van der Waals surface area contributed by atoms with Crippen molar-refractivity contribution in [2.45, 2.75) is 25.2 Å². The first kappa shape index (κ1) is 16.1. The molecule has 0 saturated heterocycles. The lowest BCUT2D eigenvalue weighted by molar-refractivity contribution is -0.115. The highest BCUT2D eigenvalue weighted by Gasteiger charge is 2.25. The first-order chi connectivity index (χ1) is 12.7. The molecule has 1 amide bonds. The lowest BCUT2D eigenvalue weighted by Crippen LogP contribution is -2.14. The van der Waals surface area contributed by atoms with E-state index in [1.54, 1.807) is 6.07 Å². The van der Waals surface area contributed by atoms with E-state index in [0.717, 1.165) is 22.4 Å². The molecule has 1 aromatic heterocycles. The highest BCUT2D eigenvalue weighted by molar-refractivity contribution is 5.91. The van der Waals surface area contributed by atoms with Crippen LogP contribution in [0.4, 0.5) is 5.82 Å². The first-order valence-electron chi connectivity index (χ1n) is 8.66. The summed E-state index contributed by atoms with van der Waals surface area (Å²) in [6.07, 6.45) is 2.68. The fourth-order valence-electron chi connectivity index (χ4n) is 2.96. The third-order valence-corrected chi connectivity index (χ3v) is 4.53. The van der Waals surface area contributed by atoms with Crippen LogP contribution in [-0.2, 0) is 11.2 Å². The van der Waals surface area contributed by atoms with Crippen LogP contribution in [0.5, 0.6) is 0 Å². The molecule has 1 fully saturated rings. The van der Waals surface area contributed by atoms with E-state index in [4.69, 9.17) is 5.26 Å². The van der Waals surface area contributed by atoms with Gasteiger partial charge in [-0.2, -0.15) is 10.4 Å². The molecular formula is C21H18N4O. The third-order valence-electron chi connectivity index (χ3n) is 4.53. The van der Waals surface area contributed by atoms with E-state index < -0.39 is 0 Å². The van der Waals surface area contributed by atoms with Gasteiger partial charge in [0.2, 0.25) is 5.91 Å². The summed E-state index contributed by atoms with van der Waals surface area (Å²) in [4.78, 5) is 12.2. The van der Waals surface area contributed by atoms with Crippen molar-refractivity contribution >= 4 is 11.7 Å². The summed E-state index contributed by atoms with van der Waals surface area (Å²) in [5.41, 5.74) is 4.68. The first-order valence-corrected chi connectivity index (χ1v) is 8.66. The predicted octanol–water partition coefficient (Wildman–Crippen LogP) is 4.01. The Labute approximate surface area is 151 Å². The standard InChI is InChI=1S/C21H18N4O/c22-13-15-2-1-3-18(10-15)16-6-4-14(5-7-16)11-21(26)23-20-12-19(24-25-20)17-8-9-17/h1-7,10,12,17H,8-9,11H2,(H2,23,24,25,26). The normalized spacial score (nSPS) is 13.2. The molecule has 3 aromatic rings. The number of hydrogen-bond donors (Lipinski definition) is 2. The maximum atomic E-state index is 12.2. The van der Waals surface area contributed by atoms with Gasteiger partial charge in [0.05, 0.1) is 18.1 Å². The van der Waals surface area contributed by atoms with Crippen LogP contribution in [-0.4, -0.2) is 16.1 Å². The zero-order chi connectivity index (χ0) is 17.9. The molecule has 0 unspecified atom stereocenters. The fraction of sp³-hybridized carbons (Fsp3) is 0.190. The Hall–Kier alpha value is -3.39. The summed E-state index contributed by atoms with van der Waals surface area (Å²) in [7, 11) is 0. The van der Waals surface area contributed by atoms with Crippen LogP contribution >= 0.6 is 0 Å². The van der Waals surface area contributed by atoms with Crippen LogP contribution in [0.3, 0.4) is 0 Å². The van der Waals surface area contributed by atoms with Crippen LogP contribution < -0.4 is 5.32 Å². The molecule has 5 heteroatoms. The maximum Gasteiger partial charge on any atom is 0.229 e. The van der Waals surface area contributed by atoms with Crippen LogP contribution in [0, 0.1) is 11.3 Å². The maximum absolute atomic E-state index is 12.2. The minimum atomic E-state index is -0.0851. The Balaban J connectivity index is 1.40. The molecule has 1 saturated carbocycles. The molecule has 4 rings (SSSR count). The summed E-state index contributed by atoms with van der Waals surface area (Å²) >= 11 is 0. The van der Waals surface area contributed by atoms with E-state index in [-0.39, 0.29) is 5.91 Å². The molecule has 0 atom stereocenters. The van der Waals surface area contributed by atoms with Crippen molar-refractivity contribution in [1.29, 1.82) is 5.26 Å². The van der Waals surface area contributed by atoms with Crippen molar-refractivity contribution in [2.75, 3.05) is 5.32 Å². The summed E-state index contributed by atoms with van der Waals surface area (Å²) in [6, 6.07) is 19.4. The summed E-state index contributed by atoms with van der Waals surface area (Å²) < 4.78 is 0. The van der Waals surface area contributed by atoms with Crippen LogP contribution in [0.2, 0.25) is 0 Å². The van der Waals surface area contributed by atoms with E-state index in [1.807, 2.05) is 48.5 Å². The second-order valence-electron chi connectivity index (χ2n) is 6.60. The molecule has 0 aliphatic heterocycles. The van der Waals surface area contributed by atoms with E-state index in [0.29, 0.717) is 23.7 Å². The van der Waals surface area contributed by atoms with Gasteiger partial charge in [-0.3, -0.25) is 9.89 Å². The zero-order valence-electron chi connectivity index (χ0n) is 14.2. The van der Waals surface area contributed by atoms with Gasteiger partial charge in [0.25, 0.3) is 0 Å². The molecule has 2 aromatic carbocycles. The van der Waals surface area contributed by atoms with Crippen molar-refractivity contribution in [3.8, 4) is 17.2 Å². The number of anilines is 1. The number of nitrogens with one attached hydrogen (secondary N) is 2. The summed E-state index contributed by atoms with van der Waals surface area (Å²) in [6.45, 7) is 0. The molecule has 26 heavy (non-hydrogen) atoms. The quantitative estimate of drug-likeness (QED) is 0.735. The second kappa shape index (κ2) is 6.85. The van der Waals surface area contributed by atoms with Gasteiger partial charge in [0, 0.05) is 17.7 Å². The number of carbonyl (C=O) groups excluding carboxylic acids is 1. The van der Waals surface area contributed by atoms with Crippen molar-refractivity contribution in [2.24, 2.45) is 0 Å². The van der Waals surface area contributed by atoms with Gasteiger partial charge < -0.3 is 5.32 Å². The number of H-pyrrole nitrogens is 1. The van der Waals surface area contributed by atoms with Crippen molar-refractivity contribution in [3.05, 3.63) is 71.4 Å². The van der Waals surface area contributed by atoms with E-state index >= 15 is 0 Å². The van der Waals surface area contributed by atoms with Gasteiger partial charge >= 0.3 is 0 Å². The summed E-state index contributed by atoms with van der Waals surface area (Å²) in [5, 5.41) is 19.0. The second-order valence-corrected chi connectivity index (χ2v) is 6.60. The lowest BCUT2D eigenvalue weighted by atomic mass is 10.0. The fourth-order valence-corrected chi connectivity index (χ4v) is 2.96. The largest absolute Gasteiger partial charge is 0.309 e. The van der Waals surface area contributed by atoms with Gasteiger partial charge in [-0.1, -0.05) is 36.4 Å². The SMILES string of the molecule is N#Cc1cccc(-c2ccc(CC(=O)Nc3cc(C4CC4)[nH]n3)cc2)c1.